The van der Waals surface area contributed by atoms with Gasteiger partial charge in [0, 0.05) is 0 Å². The molecule has 0 bridgehead atoms. The molecular weight excluding hydrogens is 197 g/mol. The number of hydrogen-bond donors (Lipinski definition) is 0. The van der Waals surface area contributed by atoms with Crippen LogP contribution in [0.4, 0.5) is 0 Å². The Kier molecular flexibility index (Phi) is 2.82. The van der Waals surface area contributed by atoms with Crippen molar-refractivity contribution in [3.8, 4) is 0 Å². The van der Waals surface area contributed by atoms with Crippen LogP contribution in [0.5, 0.6) is 0 Å². The quantitative estimate of drug-likeness (QED) is 0.523. The molecule has 0 fully saturated rings. The van der Waals surface area contributed by atoms with Crippen molar-refractivity contribution < 1.29 is 9.20 Å². The third-order valence-electron chi connectivity index (χ3n) is 0. The molecule has 0 amide bonds. The molecule has 0 aromatic carbocycles. The van der Waals surface area contributed by atoms with Crippen LogP contribution in [-0.4, -0.2) is 0 Å². The van der Waals surface area contributed by atoms with Gasteiger partial charge in [0.15, 0.2) is 0 Å². The van der Waals surface area contributed by atoms with E-state index in [0.717, 1.165) is 0 Å². The monoisotopic (exact) mass is 195 g/mol. The SMILES string of the molecule is [Cl][Mn-2]([Cl])([Cl])[Cl]. The van der Waals surface area contributed by atoms with Crippen molar-refractivity contribution in [1.29, 1.82) is 0 Å². The van der Waals surface area contributed by atoms with Crippen LogP contribution in [0.2, 0.25) is 0 Å². The summed E-state index contributed by atoms with van der Waals surface area (Å²) in [7, 11) is 17.1. The summed E-state index contributed by atoms with van der Waals surface area (Å²) in [6.07, 6.45) is 0. The summed E-state index contributed by atoms with van der Waals surface area (Å²) in [5, 5.41) is 0. The molecule has 0 aromatic rings. The van der Waals surface area contributed by atoms with Crippen LogP contribution in [0.1, 0.15) is 0 Å². The Morgan fingerprint density at radius 1 is 0.800 bits per heavy atom. The van der Waals surface area contributed by atoms with E-state index in [0.29, 0.717) is 0 Å². The Morgan fingerprint density at radius 3 is 0.800 bits per heavy atom. The van der Waals surface area contributed by atoms with E-state index in [1.807, 2.05) is 0 Å². The topological polar surface area (TPSA) is 0 Å². The Balaban J connectivity index is 3.02. The Bertz CT molecular complexity index is 19.1. The molecule has 0 nitrogen and oxygen atoms in total. The van der Waals surface area contributed by atoms with Crippen molar-refractivity contribution >= 4 is 40.4 Å². The summed E-state index contributed by atoms with van der Waals surface area (Å²) < 4.78 is 0. The van der Waals surface area contributed by atoms with Crippen molar-refractivity contribution in [3.63, 3.8) is 0 Å². The van der Waals surface area contributed by atoms with Gasteiger partial charge in [-0.25, -0.2) is 0 Å². The second kappa shape index (κ2) is 2.11. The van der Waals surface area contributed by atoms with E-state index in [2.05, 4.69) is 0 Å². The van der Waals surface area contributed by atoms with Crippen LogP contribution in [0, 0.1) is 0 Å². The molecule has 0 N–H and O–H groups in total. The zero-order valence-corrected chi connectivity index (χ0v) is 6.09. The van der Waals surface area contributed by atoms with Gasteiger partial charge in [-0.1, -0.05) is 0 Å². The van der Waals surface area contributed by atoms with Gasteiger partial charge in [-0.2, -0.15) is 0 Å². The molecule has 0 aliphatic carbocycles. The standard InChI is InChI=1S/4ClH.Mn/h4*1H;/q;;;;+2/p-4. The molecule has 0 aliphatic rings. The van der Waals surface area contributed by atoms with Gasteiger partial charge in [0.05, 0.1) is 0 Å². The third kappa shape index (κ3) is 27.3. The van der Waals surface area contributed by atoms with Crippen molar-refractivity contribution in [1.82, 2.24) is 0 Å². The molecule has 0 unspecified atom stereocenters. The van der Waals surface area contributed by atoms with Gasteiger partial charge in [0.2, 0.25) is 0 Å². The molecular formula is Cl4Mn-2. The Labute approximate surface area is 49.5 Å². The average Bonchev–Trinajstić information content (AvgIpc) is 0.722. The first-order valence-electron chi connectivity index (χ1n) is 0.571. The first-order valence-corrected chi connectivity index (χ1v) is 7.07. The summed E-state index contributed by atoms with van der Waals surface area (Å²) in [6.45, 7) is 0. The van der Waals surface area contributed by atoms with Crippen LogP contribution >= 0.6 is 40.4 Å². The predicted octanol–water partition coefficient (Wildman–Crippen LogP) is 2.76. The summed E-state index contributed by atoms with van der Waals surface area (Å²) >= 11 is 0. The molecule has 0 radical (unpaired) electrons. The van der Waals surface area contributed by atoms with Crippen molar-refractivity contribution in [3.05, 3.63) is 0 Å². The van der Waals surface area contributed by atoms with E-state index in [9.17, 15) is 0 Å². The minimum atomic E-state index is -2.74. The van der Waals surface area contributed by atoms with Crippen molar-refractivity contribution in [2.45, 2.75) is 0 Å². The summed E-state index contributed by atoms with van der Waals surface area (Å²) in [5.41, 5.74) is 0. The van der Waals surface area contributed by atoms with E-state index in [1.165, 1.54) is 0 Å². The third-order valence-corrected chi connectivity index (χ3v) is 0. The average molecular weight is 197 g/mol. The van der Waals surface area contributed by atoms with E-state index < -0.39 is 9.20 Å². The predicted molar refractivity (Wildman–Crippen MR) is 23.4 cm³/mol. The first-order chi connectivity index (χ1) is 2.00. The van der Waals surface area contributed by atoms with E-state index in [4.69, 9.17) is 40.4 Å². The first kappa shape index (κ1) is 6.68. The van der Waals surface area contributed by atoms with Gasteiger partial charge >= 0.3 is 49.6 Å². The fourth-order valence-corrected chi connectivity index (χ4v) is 0. The summed E-state index contributed by atoms with van der Waals surface area (Å²) in [5.74, 6) is 0. The van der Waals surface area contributed by atoms with Gasteiger partial charge in [-0.15, -0.1) is 0 Å². The second-order valence-corrected chi connectivity index (χ2v) is 12.0. The zero-order chi connectivity index (χ0) is 4.50. The van der Waals surface area contributed by atoms with Gasteiger partial charge in [-0.05, 0) is 0 Å². The second-order valence-electron chi connectivity index (χ2n) is 0.324. The molecule has 0 saturated heterocycles. The molecule has 5 heteroatoms. The zero-order valence-electron chi connectivity index (χ0n) is 1.89. The van der Waals surface area contributed by atoms with Gasteiger partial charge in [0.1, 0.15) is 0 Å². The van der Waals surface area contributed by atoms with E-state index in [1.54, 1.807) is 0 Å². The maximum absolute atomic E-state index is 4.97. The molecule has 0 aromatic heterocycles. The van der Waals surface area contributed by atoms with Crippen LogP contribution < -0.4 is 0 Å². The van der Waals surface area contributed by atoms with Crippen molar-refractivity contribution in [2.75, 3.05) is 0 Å². The molecule has 0 rings (SSSR count). The van der Waals surface area contributed by atoms with Crippen molar-refractivity contribution in [2.24, 2.45) is 0 Å². The molecule has 0 atom stereocenters. The van der Waals surface area contributed by atoms with Crippen LogP contribution in [0.15, 0.2) is 0 Å². The summed E-state index contributed by atoms with van der Waals surface area (Å²) in [6, 6.07) is 0. The Morgan fingerprint density at radius 2 is 0.800 bits per heavy atom. The molecule has 0 spiro atoms. The molecule has 0 heterocycles. The summed E-state index contributed by atoms with van der Waals surface area (Å²) in [4.78, 5) is 0. The maximum atomic E-state index is 4.97. The van der Waals surface area contributed by atoms with E-state index >= 15 is 0 Å². The van der Waals surface area contributed by atoms with E-state index in [-0.39, 0.29) is 0 Å². The number of rotatable bonds is 0. The fraction of sp³-hybridized carbons (Fsp3) is 0. The Hall–Kier alpha value is 1.68. The van der Waals surface area contributed by atoms with Gasteiger partial charge in [0.25, 0.3) is 0 Å². The number of hydrogen-bond acceptors (Lipinski definition) is 0. The van der Waals surface area contributed by atoms with Crippen LogP contribution in [0.3, 0.4) is 0 Å². The van der Waals surface area contributed by atoms with Gasteiger partial charge < -0.3 is 0 Å². The minimum absolute atomic E-state index is 2.74. The number of halogens is 4. The molecule has 0 aliphatic heterocycles. The normalized spacial score (nSPS) is 15.2. The van der Waals surface area contributed by atoms with Gasteiger partial charge in [-0.3, -0.25) is 0 Å². The molecule has 37 valence electrons. The van der Waals surface area contributed by atoms with Crippen LogP contribution in [0.25, 0.3) is 0 Å². The van der Waals surface area contributed by atoms with Crippen LogP contribution in [-0.2, 0) is 9.20 Å². The molecule has 5 heavy (non-hydrogen) atoms. The fourth-order valence-electron chi connectivity index (χ4n) is 0. The molecule has 0 saturated carbocycles.